The summed E-state index contributed by atoms with van der Waals surface area (Å²) in [6.07, 6.45) is -2.80. The minimum absolute atomic E-state index is 0.00553. The number of thiol groups is 1. The summed E-state index contributed by atoms with van der Waals surface area (Å²) < 4.78 is 36.2. The Kier molecular flexibility index (Phi) is 7.23. The molecule has 4 atom stereocenters. The van der Waals surface area contributed by atoms with Crippen LogP contribution in [-0.2, 0) is 13.7 Å². The fraction of sp³-hybridized carbons (Fsp3) is 0.722. The van der Waals surface area contributed by atoms with E-state index in [0.29, 0.717) is 0 Å². The summed E-state index contributed by atoms with van der Waals surface area (Å²) in [6, 6.07) is 0. The quantitative estimate of drug-likeness (QED) is 0.271. The van der Waals surface area contributed by atoms with E-state index in [1.54, 1.807) is 22.8 Å². The van der Waals surface area contributed by atoms with E-state index in [9.17, 15) is 4.79 Å². The van der Waals surface area contributed by atoms with Crippen LogP contribution >= 0.6 is 40.1 Å². The number of aromatic nitrogens is 4. The zero-order valence-electron chi connectivity index (χ0n) is 19.1. The van der Waals surface area contributed by atoms with Crippen LogP contribution in [0.25, 0.3) is 11.2 Å². The maximum Gasteiger partial charge on any atom is 0.319 e. The predicted octanol–water partition coefficient (Wildman–Crippen LogP) is 4.43. The van der Waals surface area contributed by atoms with Crippen LogP contribution in [0.3, 0.4) is 0 Å². The molecule has 2 saturated heterocycles. The second-order valence-corrected chi connectivity index (χ2v) is 25.5. The number of fused-ring (bicyclic) bond motifs is 1. The van der Waals surface area contributed by atoms with Crippen molar-refractivity contribution in [2.24, 2.45) is 0 Å². The average Bonchev–Trinajstić information content (AvgIpc) is 3.39. The van der Waals surface area contributed by atoms with E-state index in [4.69, 9.17) is 31.7 Å². The van der Waals surface area contributed by atoms with Crippen LogP contribution in [0.5, 0.6) is 0 Å². The van der Waals surface area contributed by atoms with E-state index in [1.807, 2.05) is 0 Å². The molecule has 184 valence electrons. The third kappa shape index (κ3) is 5.13. The maximum absolute atomic E-state index is 15.9. The Hall–Kier alpha value is -0.343. The summed E-state index contributed by atoms with van der Waals surface area (Å²) in [5, 5.41) is -2.17. The lowest BCUT2D eigenvalue weighted by atomic mass is 10.1. The van der Waals surface area contributed by atoms with Gasteiger partial charge in [-0.2, -0.15) is 9.51 Å². The lowest BCUT2D eigenvalue weighted by Gasteiger charge is -2.37. The number of ether oxygens (including phenoxy) is 1. The molecule has 4 heterocycles. The van der Waals surface area contributed by atoms with Crippen molar-refractivity contribution in [1.82, 2.24) is 19.5 Å². The number of nitrogen functional groups attached to an aromatic ring is 1. The monoisotopic (exact) mass is 554 g/mol. The number of hydrogen-bond donors (Lipinski definition) is 3. The molecule has 33 heavy (non-hydrogen) atoms. The highest BCUT2D eigenvalue weighted by atomic mass is 33.4. The Morgan fingerprint density at radius 3 is 2.73 bits per heavy atom. The van der Waals surface area contributed by atoms with E-state index < -0.39 is 43.6 Å². The third-order valence-corrected chi connectivity index (χ3v) is 20.8. The summed E-state index contributed by atoms with van der Waals surface area (Å²) >= 11 is 8.04. The smallest absolute Gasteiger partial charge is 0.319 e. The number of nitrogens with one attached hydrogen (secondary N) is 1. The molecule has 3 N–H and O–H groups in total. The molecule has 0 radical (unpaired) electrons. The first-order valence-corrected chi connectivity index (χ1v) is 19.5. The molecule has 4 rings (SSSR count). The van der Waals surface area contributed by atoms with E-state index in [0.717, 1.165) is 11.5 Å². The number of anilines is 1. The standard InChI is InChI=1S/C18H29FN5O4PS3Si/c1-18(2,3)33(4,5)26-8-10-13(28-29(30)31-6-7-32-29)11(19)16(27-10)24-9-21-12-14(24)22-17(20)23-15(12)25/h9-11,13,16,30H,6-8H2,1-5H3,(H2-,20,22,23,25)/p+1/t10-,11-,13-,16-/m1/s1. The van der Waals surface area contributed by atoms with Crippen molar-refractivity contribution >= 4 is 65.5 Å². The maximum atomic E-state index is 15.9. The summed E-state index contributed by atoms with van der Waals surface area (Å²) in [5.41, 5.74) is 5.45. The molecule has 0 aromatic carbocycles. The molecular formula is C18H30FN5O4PS3Si+. The van der Waals surface area contributed by atoms with Crippen molar-refractivity contribution in [3.63, 3.8) is 0 Å². The number of hydrogen-bond acceptors (Lipinski definition) is 10. The van der Waals surface area contributed by atoms with Gasteiger partial charge in [-0.1, -0.05) is 20.8 Å². The fourth-order valence-electron chi connectivity index (χ4n) is 3.37. The number of nitrogens with two attached hydrogens (primary N) is 1. The van der Waals surface area contributed by atoms with Crippen LogP contribution in [0, 0.1) is 0 Å². The number of H-pyrrole nitrogens is 1. The van der Waals surface area contributed by atoms with Gasteiger partial charge in [0.25, 0.3) is 5.56 Å². The molecular weight excluding hydrogens is 524 g/mol. The molecule has 0 spiro atoms. The first-order valence-electron chi connectivity index (χ1n) is 10.6. The van der Waals surface area contributed by atoms with Crippen molar-refractivity contribution in [2.45, 2.75) is 63.5 Å². The number of aromatic amines is 1. The number of imidazole rings is 1. The molecule has 2 aliphatic heterocycles. The van der Waals surface area contributed by atoms with Crippen LogP contribution < -0.4 is 11.3 Å². The Labute approximate surface area is 206 Å². The largest absolute Gasteiger partial charge is 0.414 e. The predicted molar refractivity (Wildman–Crippen MR) is 140 cm³/mol. The van der Waals surface area contributed by atoms with Crippen molar-refractivity contribution in [2.75, 3.05) is 23.8 Å². The summed E-state index contributed by atoms with van der Waals surface area (Å²) in [5.74, 6) is 1.76. The Morgan fingerprint density at radius 1 is 1.42 bits per heavy atom. The van der Waals surface area contributed by atoms with E-state index in [1.165, 1.54) is 10.9 Å². The second kappa shape index (κ2) is 9.27. The number of nitrogens with zero attached hydrogens (tertiary/aromatic N) is 3. The normalized spacial score (nSPS) is 28.1. The highest BCUT2D eigenvalue weighted by Gasteiger charge is 2.57. The minimum Gasteiger partial charge on any atom is -0.414 e. The van der Waals surface area contributed by atoms with Crippen LogP contribution in [0.2, 0.25) is 18.1 Å². The number of rotatable bonds is 6. The van der Waals surface area contributed by atoms with Gasteiger partial charge in [0.1, 0.15) is 6.10 Å². The summed E-state index contributed by atoms with van der Waals surface area (Å²) in [6.45, 7) is 10.9. The molecule has 0 aliphatic carbocycles. The molecule has 0 unspecified atom stereocenters. The molecule has 0 amide bonds. The van der Waals surface area contributed by atoms with Gasteiger partial charge in [0.2, 0.25) is 5.95 Å². The van der Waals surface area contributed by atoms with Crippen LogP contribution in [0.15, 0.2) is 11.1 Å². The van der Waals surface area contributed by atoms with Gasteiger partial charge in [0.15, 0.2) is 38.0 Å². The SMILES string of the molecule is CC(C)(C)[Si](C)(C)OC[C@H]1O[C@@H](n2cnc3c(=O)[nH]c(N)nc32)[C@H](F)[C@@H]1O[P+]1(S)SCCS1. The van der Waals surface area contributed by atoms with Crippen molar-refractivity contribution < 1.29 is 18.1 Å². The topological polar surface area (TPSA) is 117 Å². The van der Waals surface area contributed by atoms with E-state index >= 15 is 4.39 Å². The molecule has 2 fully saturated rings. The van der Waals surface area contributed by atoms with E-state index in [2.05, 4.69) is 48.8 Å². The van der Waals surface area contributed by atoms with Crippen LogP contribution in [-0.4, -0.2) is 64.3 Å². The minimum atomic E-state index is -2.16. The lowest BCUT2D eigenvalue weighted by Crippen LogP contribution is -2.44. The van der Waals surface area contributed by atoms with Crippen LogP contribution in [0.1, 0.15) is 27.0 Å². The summed E-state index contributed by atoms with van der Waals surface area (Å²) in [7, 11) is -2.11. The van der Waals surface area contributed by atoms with Gasteiger partial charge in [-0.15, -0.1) is 0 Å². The van der Waals surface area contributed by atoms with Gasteiger partial charge in [-0.3, -0.25) is 14.3 Å². The fourth-order valence-corrected chi connectivity index (χ4v) is 13.9. The highest BCUT2D eigenvalue weighted by Crippen LogP contribution is 2.87. The molecule has 9 nitrogen and oxygen atoms in total. The Bertz CT molecular complexity index is 1080. The molecule has 0 saturated carbocycles. The van der Waals surface area contributed by atoms with Gasteiger partial charge < -0.3 is 14.9 Å². The molecule has 2 aromatic heterocycles. The molecule has 15 heteroatoms. The molecule has 2 aliphatic rings. The van der Waals surface area contributed by atoms with Crippen LogP contribution in [0.4, 0.5) is 10.3 Å². The third-order valence-electron chi connectivity index (χ3n) is 6.25. The van der Waals surface area contributed by atoms with Gasteiger partial charge in [0, 0.05) is 11.5 Å². The lowest BCUT2D eigenvalue weighted by molar-refractivity contribution is -0.0401. The van der Waals surface area contributed by atoms with Gasteiger partial charge >= 0.3 is 5.10 Å². The first kappa shape index (κ1) is 25.7. The zero-order valence-corrected chi connectivity index (χ0v) is 23.6. The Balaban J connectivity index is 1.64. The number of halogens is 1. The van der Waals surface area contributed by atoms with E-state index in [-0.39, 0.29) is 28.8 Å². The van der Waals surface area contributed by atoms with Gasteiger partial charge in [-0.05, 0) is 18.1 Å². The second-order valence-electron chi connectivity index (χ2n) is 9.56. The van der Waals surface area contributed by atoms with Crippen molar-refractivity contribution in [3.05, 3.63) is 16.7 Å². The zero-order chi connectivity index (χ0) is 24.2. The molecule has 2 aromatic rings. The van der Waals surface area contributed by atoms with Gasteiger partial charge in [0.05, 0.1) is 47.9 Å². The average molecular weight is 555 g/mol. The number of alkyl halides is 1. The van der Waals surface area contributed by atoms with Crippen molar-refractivity contribution in [3.8, 4) is 0 Å². The summed E-state index contributed by atoms with van der Waals surface area (Å²) in [4.78, 5) is 22.8. The van der Waals surface area contributed by atoms with Gasteiger partial charge in [-0.25, -0.2) is 9.37 Å². The first-order chi connectivity index (χ1) is 15.3. The van der Waals surface area contributed by atoms with Crippen molar-refractivity contribution in [1.29, 1.82) is 0 Å². The molecule has 0 bridgehead atoms. The highest BCUT2D eigenvalue weighted by molar-refractivity contribution is 9.15. The Morgan fingerprint density at radius 2 is 2.09 bits per heavy atom.